The fourth-order valence-corrected chi connectivity index (χ4v) is 1.61. The minimum Gasteiger partial charge on any atom is -0.328 e. The van der Waals surface area contributed by atoms with Gasteiger partial charge in [0, 0.05) is 6.04 Å². The van der Waals surface area contributed by atoms with Gasteiger partial charge in [0.15, 0.2) is 0 Å². The Balaban J connectivity index is 3.49. The zero-order valence-corrected chi connectivity index (χ0v) is 9.71. The van der Waals surface area contributed by atoms with Crippen molar-refractivity contribution in [1.29, 1.82) is 0 Å². The molecule has 0 radical (unpaired) electrons. The van der Waals surface area contributed by atoms with E-state index in [1.54, 1.807) is 0 Å². The van der Waals surface area contributed by atoms with Gasteiger partial charge in [0.1, 0.15) is 0 Å². The van der Waals surface area contributed by atoms with E-state index in [4.69, 9.17) is 5.73 Å². The van der Waals surface area contributed by atoms with Crippen LogP contribution < -0.4 is 5.73 Å². The zero-order chi connectivity index (χ0) is 10.3. The lowest BCUT2D eigenvalue weighted by atomic mass is 10.0. The topological polar surface area (TPSA) is 29.3 Å². The predicted molar refractivity (Wildman–Crippen MR) is 59.8 cm³/mol. The van der Waals surface area contributed by atoms with E-state index in [2.05, 4.69) is 32.6 Å². The zero-order valence-electron chi connectivity index (χ0n) is 9.71. The van der Waals surface area contributed by atoms with Crippen molar-refractivity contribution < 1.29 is 0 Å². The van der Waals surface area contributed by atoms with Crippen molar-refractivity contribution in [1.82, 2.24) is 4.90 Å². The summed E-state index contributed by atoms with van der Waals surface area (Å²) in [5.41, 5.74) is 6.01. The molecule has 0 heterocycles. The van der Waals surface area contributed by atoms with E-state index in [9.17, 15) is 0 Å². The van der Waals surface area contributed by atoms with Crippen molar-refractivity contribution in [3.05, 3.63) is 0 Å². The lowest BCUT2D eigenvalue weighted by Crippen LogP contribution is -2.31. The second-order valence-electron chi connectivity index (χ2n) is 4.21. The molecule has 1 atom stereocenters. The molecular formula is C11H26N2. The molecule has 0 saturated carbocycles. The Hall–Kier alpha value is -0.0800. The highest BCUT2D eigenvalue weighted by atomic mass is 15.1. The summed E-state index contributed by atoms with van der Waals surface area (Å²) in [5.74, 6) is 0.728. The van der Waals surface area contributed by atoms with Crippen LogP contribution in [0.15, 0.2) is 0 Å². The first-order valence-corrected chi connectivity index (χ1v) is 5.58. The Bertz CT molecular complexity index is 109. The van der Waals surface area contributed by atoms with Gasteiger partial charge in [0.05, 0.1) is 0 Å². The molecule has 0 saturated heterocycles. The summed E-state index contributed by atoms with van der Waals surface area (Å²) in [5, 5.41) is 0. The molecule has 0 aliphatic heterocycles. The summed E-state index contributed by atoms with van der Waals surface area (Å²) in [4.78, 5) is 2.43. The fraction of sp³-hybridized carbons (Fsp3) is 1.00. The minimum absolute atomic E-state index is 0.389. The molecule has 0 aromatic carbocycles. The molecular weight excluding hydrogens is 160 g/mol. The molecule has 80 valence electrons. The minimum atomic E-state index is 0.389. The van der Waals surface area contributed by atoms with Gasteiger partial charge in [-0.2, -0.15) is 0 Å². The van der Waals surface area contributed by atoms with E-state index >= 15 is 0 Å². The van der Waals surface area contributed by atoms with Crippen LogP contribution in [0.3, 0.4) is 0 Å². The molecule has 13 heavy (non-hydrogen) atoms. The van der Waals surface area contributed by atoms with Gasteiger partial charge in [-0.25, -0.2) is 0 Å². The molecule has 0 amide bonds. The van der Waals surface area contributed by atoms with E-state index in [1.165, 1.54) is 0 Å². The Morgan fingerprint density at radius 2 is 1.69 bits per heavy atom. The van der Waals surface area contributed by atoms with Crippen LogP contribution in [0.5, 0.6) is 0 Å². The molecule has 0 spiro atoms. The molecule has 1 unspecified atom stereocenters. The predicted octanol–water partition coefficient (Wildman–Crippen LogP) is 2.09. The van der Waals surface area contributed by atoms with Crippen LogP contribution in [-0.2, 0) is 0 Å². The highest BCUT2D eigenvalue weighted by Crippen LogP contribution is 2.06. The first-order valence-electron chi connectivity index (χ1n) is 5.58. The largest absolute Gasteiger partial charge is 0.328 e. The van der Waals surface area contributed by atoms with Crippen molar-refractivity contribution in [2.45, 2.75) is 46.6 Å². The molecule has 2 nitrogen and oxygen atoms in total. The summed E-state index contributed by atoms with van der Waals surface area (Å²) in [6.45, 7) is 12.3. The molecule has 2 heteroatoms. The quantitative estimate of drug-likeness (QED) is 0.659. The number of nitrogens with two attached hydrogens (primary N) is 1. The Morgan fingerprint density at radius 1 is 1.15 bits per heavy atom. The third-order valence-corrected chi connectivity index (χ3v) is 2.48. The number of hydrogen-bond acceptors (Lipinski definition) is 2. The molecule has 0 rings (SSSR count). The van der Waals surface area contributed by atoms with Crippen molar-refractivity contribution in [3.8, 4) is 0 Å². The van der Waals surface area contributed by atoms with Crippen LogP contribution in [0.4, 0.5) is 0 Å². The van der Waals surface area contributed by atoms with Gasteiger partial charge >= 0.3 is 0 Å². The first-order chi connectivity index (χ1) is 6.10. The Morgan fingerprint density at radius 3 is 2.08 bits per heavy atom. The lowest BCUT2D eigenvalue weighted by Gasteiger charge is -2.21. The number of hydrogen-bond donors (Lipinski definition) is 1. The van der Waals surface area contributed by atoms with Crippen LogP contribution in [0, 0.1) is 5.92 Å². The highest BCUT2D eigenvalue weighted by Gasteiger charge is 2.07. The van der Waals surface area contributed by atoms with Crippen LogP contribution in [0.2, 0.25) is 0 Å². The Labute approximate surface area is 83.5 Å². The normalized spacial score (nSPS) is 14.1. The van der Waals surface area contributed by atoms with Gasteiger partial charge in [0.25, 0.3) is 0 Å². The summed E-state index contributed by atoms with van der Waals surface area (Å²) in [7, 11) is 0. The van der Waals surface area contributed by atoms with E-state index < -0.39 is 0 Å². The third-order valence-electron chi connectivity index (χ3n) is 2.48. The molecule has 2 N–H and O–H groups in total. The van der Waals surface area contributed by atoms with E-state index in [0.29, 0.717) is 6.04 Å². The highest BCUT2D eigenvalue weighted by molar-refractivity contribution is 4.66. The van der Waals surface area contributed by atoms with Crippen LogP contribution in [0.1, 0.15) is 40.5 Å². The molecule has 0 aliphatic carbocycles. The van der Waals surface area contributed by atoms with E-state index in [0.717, 1.165) is 38.4 Å². The average Bonchev–Trinajstić information content (AvgIpc) is 2.05. The van der Waals surface area contributed by atoms with E-state index in [1.807, 2.05) is 0 Å². The fourth-order valence-electron chi connectivity index (χ4n) is 1.61. The molecule has 0 aromatic heterocycles. The van der Waals surface area contributed by atoms with Gasteiger partial charge < -0.3 is 10.6 Å². The second kappa shape index (κ2) is 7.34. The maximum Gasteiger partial charge on any atom is 0.00534 e. The van der Waals surface area contributed by atoms with Crippen LogP contribution in [-0.4, -0.2) is 30.6 Å². The van der Waals surface area contributed by atoms with Crippen molar-refractivity contribution >= 4 is 0 Å². The van der Waals surface area contributed by atoms with Crippen LogP contribution >= 0.6 is 0 Å². The van der Waals surface area contributed by atoms with Gasteiger partial charge in [-0.1, -0.05) is 27.7 Å². The molecule has 0 aromatic rings. The van der Waals surface area contributed by atoms with Gasteiger partial charge in [-0.3, -0.25) is 0 Å². The average molecular weight is 186 g/mol. The Kier molecular flexibility index (Phi) is 7.29. The van der Waals surface area contributed by atoms with Gasteiger partial charge in [-0.05, 0) is 38.4 Å². The number of nitrogens with zero attached hydrogens (tertiary/aromatic N) is 1. The maximum atomic E-state index is 6.01. The summed E-state index contributed by atoms with van der Waals surface area (Å²) in [6.07, 6.45) is 2.29. The smallest absolute Gasteiger partial charge is 0.00534 e. The van der Waals surface area contributed by atoms with E-state index in [-0.39, 0.29) is 0 Å². The summed E-state index contributed by atoms with van der Waals surface area (Å²) >= 11 is 0. The third kappa shape index (κ3) is 7.03. The molecule has 0 fully saturated rings. The van der Waals surface area contributed by atoms with Crippen molar-refractivity contribution in [2.75, 3.05) is 19.6 Å². The standard InChI is InChI=1S/C11H26N2/c1-5-13(6-2)8-7-11(12)9-10(3)4/h10-11H,5-9,12H2,1-4H3. The number of rotatable bonds is 7. The maximum absolute atomic E-state index is 6.01. The monoisotopic (exact) mass is 186 g/mol. The van der Waals surface area contributed by atoms with Crippen LogP contribution in [0.25, 0.3) is 0 Å². The lowest BCUT2D eigenvalue weighted by molar-refractivity contribution is 0.283. The second-order valence-corrected chi connectivity index (χ2v) is 4.21. The molecule has 0 bridgehead atoms. The first kappa shape index (κ1) is 12.9. The summed E-state index contributed by atoms with van der Waals surface area (Å²) < 4.78 is 0. The molecule has 0 aliphatic rings. The summed E-state index contributed by atoms with van der Waals surface area (Å²) in [6, 6.07) is 0.389. The van der Waals surface area contributed by atoms with Gasteiger partial charge in [0.2, 0.25) is 0 Å². The SMILES string of the molecule is CCN(CC)CCC(N)CC(C)C. The van der Waals surface area contributed by atoms with Crippen molar-refractivity contribution in [2.24, 2.45) is 11.7 Å². The van der Waals surface area contributed by atoms with Gasteiger partial charge in [-0.15, -0.1) is 0 Å². The van der Waals surface area contributed by atoms with Crippen molar-refractivity contribution in [3.63, 3.8) is 0 Å².